The van der Waals surface area contributed by atoms with Crippen LogP contribution in [0.4, 0.5) is 5.69 Å². The van der Waals surface area contributed by atoms with Crippen molar-refractivity contribution >= 4 is 11.5 Å². The van der Waals surface area contributed by atoms with E-state index in [2.05, 4.69) is 15.7 Å². The molecule has 0 heterocycles. The highest BCUT2D eigenvalue weighted by molar-refractivity contribution is 5.97. The van der Waals surface area contributed by atoms with Crippen LogP contribution in [0.25, 0.3) is 0 Å². The fraction of sp³-hybridized carbons (Fsp3) is 0.133. The van der Waals surface area contributed by atoms with Crippen molar-refractivity contribution in [1.29, 1.82) is 5.41 Å². The number of nitrogens with two attached hydrogens (primary N) is 1. The summed E-state index contributed by atoms with van der Waals surface area (Å²) in [6.45, 7) is 0.680. The Morgan fingerprint density at radius 1 is 1.24 bits per heavy atom. The number of nitrogens with zero attached hydrogens (tertiary/aromatic N) is 2. The molecule has 108 valence electrons. The first-order valence-electron chi connectivity index (χ1n) is 6.39. The highest BCUT2D eigenvalue weighted by atomic mass is 16.5. The van der Waals surface area contributed by atoms with Crippen LogP contribution < -0.4 is 15.9 Å². The van der Waals surface area contributed by atoms with Gasteiger partial charge in [0.2, 0.25) is 0 Å². The summed E-state index contributed by atoms with van der Waals surface area (Å²) in [6.07, 6.45) is 0. The summed E-state index contributed by atoms with van der Waals surface area (Å²) in [7, 11) is 1.65. The molecule has 0 atom stereocenters. The molecule has 0 saturated carbocycles. The van der Waals surface area contributed by atoms with Gasteiger partial charge in [0, 0.05) is 17.8 Å². The summed E-state index contributed by atoms with van der Waals surface area (Å²) in [5, 5.41) is 17.6. The number of benzene rings is 2. The molecule has 4 N–H and O–H groups in total. The Labute approximate surface area is 123 Å². The lowest BCUT2D eigenvalue weighted by Gasteiger charge is -2.08. The van der Waals surface area contributed by atoms with Crippen molar-refractivity contribution in [3.63, 3.8) is 0 Å². The van der Waals surface area contributed by atoms with Crippen LogP contribution in [0, 0.1) is 5.41 Å². The molecule has 0 amide bonds. The number of ether oxygens (including phenoxy) is 1. The van der Waals surface area contributed by atoms with E-state index in [1.807, 2.05) is 42.5 Å². The third kappa shape index (κ3) is 4.04. The molecule has 0 bridgehead atoms. The molecule has 0 saturated heterocycles. The lowest BCUT2D eigenvalue weighted by atomic mass is 10.1. The van der Waals surface area contributed by atoms with Gasteiger partial charge in [-0.05, 0) is 29.8 Å². The van der Waals surface area contributed by atoms with Gasteiger partial charge in [-0.15, -0.1) is 5.11 Å². The molecular weight excluding hydrogens is 266 g/mol. The zero-order valence-electron chi connectivity index (χ0n) is 11.7. The minimum atomic E-state index is 0.0330. The molecule has 0 spiro atoms. The molecular formula is C15H17N5O. The van der Waals surface area contributed by atoms with E-state index >= 15 is 0 Å². The van der Waals surface area contributed by atoms with Gasteiger partial charge < -0.3 is 15.9 Å². The van der Waals surface area contributed by atoms with Crippen LogP contribution in [0.15, 0.2) is 58.9 Å². The second-order valence-electron chi connectivity index (χ2n) is 4.35. The molecule has 21 heavy (non-hydrogen) atoms. The second kappa shape index (κ2) is 7.04. The molecule has 6 heteroatoms. The monoisotopic (exact) mass is 283 g/mol. The number of anilines is 1. The van der Waals surface area contributed by atoms with Gasteiger partial charge in [0.05, 0.1) is 7.11 Å². The van der Waals surface area contributed by atoms with E-state index in [0.717, 1.165) is 17.0 Å². The molecule has 0 aliphatic heterocycles. The number of amidine groups is 1. The topological polar surface area (TPSA) is 95.8 Å². The third-order valence-electron chi connectivity index (χ3n) is 2.95. The Hall–Kier alpha value is -2.89. The molecule has 0 fully saturated rings. The molecule has 0 aliphatic rings. The normalized spacial score (nSPS) is 10.5. The van der Waals surface area contributed by atoms with Crippen LogP contribution >= 0.6 is 0 Å². The molecule has 6 nitrogen and oxygen atoms in total. The number of rotatable bonds is 5. The van der Waals surface area contributed by atoms with Gasteiger partial charge in [0.25, 0.3) is 0 Å². The SMILES string of the molecule is COc1ccc(CNc2cccc(C(=N)N=NN)c2)cc1. The van der Waals surface area contributed by atoms with Crippen LogP contribution in [0.3, 0.4) is 0 Å². The zero-order valence-corrected chi connectivity index (χ0v) is 11.7. The van der Waals surface area contributed by atoms with Crippen molar-refractivity contribution < 1.29 is 4.74 Å². The minimum absolute atomic E-state index is 0.0330. The summed E-state index contributed by atoms with van der Waals surface area (Å²) >= 11 is 0. The van der Waals surface area contributed by atoms with Gasteiger partial charge in [-0.1, -0.05) is 29.5 Å². The predicted octanol–water partition coefficient (Wildman–Crippen LogP) is 2.96. The number of nitrogens with one attached hydrogen (secondary N) is 2. The quantitative estimate of drug-likeness (QED) is 0.259. The number of hydrogen-bond acceptors (Lipinski definition) is 4. The molecule has 2 aromatic rings. The van der Waals surface area contributed by atoms with E-state index < -0.39 is 0 Å². The largest absolute Gasteiger partial charge is 0.497 e. The average Bonchev–Trinajstić information content (AvgIpc) is 2.54. The van der Waals surface area contributed by atoms with E-state index in [0.29, 0.717) is 12.1 Å². The molecule has 0 aromatic heterocycles. The molecule has 0 aliphatic carbocycles. The van der Waals surface area contributed by atoms with Crippen molar-refractivity contribution in [3.8, 4) is 5.75 Å². The van der Waals surface area contributed by atoms with E-state index in [4.69, 9.17) is 16.0 Å². The van der Waals surface area contributed by atoms with Crippen molar-refractivity contribution in [2.45, 2.75) is 6.54 Å². The van der Waals surface area contributed by atoms with Gasteiger partial charge >= 0.3 is 0 Å². The van der Waals surface area contributed by atoms with E-state index in [1.54, 1.807) is 13.2 Å². The van der Waals surface area contributed by atoms with Crippen molar-refractivity contribution in [1.82, 2.24) is 0 Å². The highest BCUT2D eigenvalue weighted by Crippen LogP contribution is 2.15. The van der Waals surface area contributed by atoms with Crippen LogP contribution in [0.2, 0.25) is 0 Å². The van der Waals surface area contributed by atoms with Crippen molar-refractivity contribution in [3.05, 3.63) is 59.7 Å². The van der Waals surface area contributed by atoms with Gasteiger partial charge in [-0.2, -0.15) is 0 Å². The summed E-state index contributed by atoms with van der Waals surface area (Å²) in [5.74, 6) is 5.82. The van der Waals surface area contributed by atoms with E-state index in [1.165, 1.54) is 0 Å². The van der Waals surface area contributed by atoms with Gasteiger partial charge in [0.1, 0.15) is 5.75 Å². The van der Waals surface area contributed by atoms with Crippen LogP contribution in [0.5, 0.6) is 5.75 Å². The summed E-state index contributed by atoms with van der Waals surface area (Å²) in [4.78, 5) is 0. The first kappa shape index (κ1) is 14.5. The standard InChI is InChI=1S/C15H17N5O/c1-21-14-7-5-11(6-8-14)10-18-13-4-2-3-12(9-13)15(16)19-20-17/h2-9,18H,10H2,1H3,(H3,16,17,19). The zero-order chi connectivity index (χ0) is 15.1. The fourth-order valence-corrected chi connectivity index (χ4v) is 1.84. The number of methoxy groups -OCH3 is 1. The van der Waals surface area contributed by atoms with Crippen LogP contribution in [0.1, 0.15) is 11.1 Å². The Morgan fingerprint density at radius 2 is 2.00 bits per heavy atom. The first-order valence-corrected chi connectivity index (χ1v) is 6.39. The molecule has 2 aromatic carbocycles. The van der Waals surface area contributed by atoms with E-state index in [-0.39, 0.29) is 5.84 Å². The Balaban J connectivity index is 2.02. The molecule has 0 unspecified atom stereocenters. The highest BCUT2D eigenvalue weighted by Gasteiger charge is 2.01. The third-order valence-corrected chi connectivity index (χ3v) is 2.95. The number of hydrogen-bond donors (Lipinski definition) is 3. The van der Waals surface area contributed by atoms with Crippen LogP contribution in [-0.4, -0.2) is 12.9 Å². The van der Waals surface area contributed by atoms with Gasteiger partial charge in [0.15, 0.2) is 5.84 Å². The summed E-state index contributed by atoms with van der Waals surface area (Å²) in [5.41, 5.74) is 2.70. The molecule has 2 rings (SSSR count). The van der Waals surface area contributed by atoms with Crippen molar-refractivity contribution in [2.75, 3.05) is 12.4 Å². The Bertz CT molecular complexity index is 637. The van der Waals surface area contributed by atoms with Gasteiger partial charge in [-0.3, -0.25) is 5.41 Å². The van der Waals surface area contributed by atoms with Crippen molar-refractivity contribution in [2.24, 2.45) is 16.2 Å². The maximum atomic E-state index is 7.69. The lowest BCUT2D eigenvalue weighted by Crippen LogP contribution is -2.01. The maximum absolute atomic E-state index is 7.69. The summed E-state index contributed by atoms with van der Waals surface area (Å²) < 4.78 is 5.12. The van der Waals surface area contributed by atoms with Gasteiger partial charge in [-0.25, -0.2) is 0 Å². The Kier molecular flexibility index (Phi) is 4.87. The minimum Gasteiger partial charge on any atom is -0.497 e. The fourth-order valence-electron chi connectivity index (χ4n) is 1.84. The predicted molar refractivity (Wildman–Crippen MR) is 82.6 cm³/mol. The Morgan fingerprint density at radius 3 is 2.67 bits per heavy atom. The average molecular weight is 283 g/mol. The summed E-state index contributed by atoms with van der Waals surface area (Å²) in [6, 6.07) is 15.2. The second-order valence-corrected chi connectivity index (χ2v) is 4.35. The molecule has 0 radical (unpaired) electrons. The smallest absolute Gasteiger partial charge is 0.176 e. The lowest BCUT2D eigenvalue weighted by molar-refractivity contribution is 0.414. The van der Waals surface area contributed by atoms with Crippen LogP contribution in [-0.2, 0) is 6.54 Å². The maximum Gasteiger partial charge on any atom is 0.176 e. The van der Waals surface area contributed by atoms with E-state index in [9.17, 15) is 0 Å². The first-order chi connectivity index (χ1) is 10.2.